The number of benzene rings is 1. The SMILES string of the molecule is CC(C)c1ccc(S(=O)(=O)N2CC2C(=O)N(C)C)cc1. The molecule has 1 aliphatic heterocycles. The Morgan fingerprint density at radius 3 is 2.25 bits per heavy atom. The summed E-state index contributed by atoms with van der Waals surface area (Å²) >= 11 is 0. The summed E-state index contributed by atoms with van der Waals surface area (Å²) in [7, 11) is -0.294. The van der Waals surface area contributed by atoms with Crippen LogP contribution in [0, 0.1) is 0 Å². The second kappa shape index (κ2) is 5.18. The molecule has 0 N–H and O–H groups in total. The maximum absolute atomic E-state index is 12.4. The lowest BCUT2D eigenvalue weighted by atomic mass is 10.0. The molecule has 6 heteroatoms. The summed E-state index contributed by atoms with van der Waals surface area (Å²) in [5.41, 5.74) is 1.09. The lowest BCUT2D eigenvalue weighted by Crippen LogP contribution is -2.30. The fourth-order valence-electron chi connectivity index (χ4n) is 2.05. The molecule has 5 nitrogen and oxygen atoms in total. The normalized spacial score (nSPS) is 21.9. The van der Waals surface area contributed by atoms with Gasteiger partial charge in [0.15, 0.2) is 0 Å². The molecular formula is C14H20N2O3S. The van der Waals surface area contributed by atoms with E-state index in [1.807, 2.05) is 12.1 Å². The first-order valence-corrected chi connectivity index (χ1v) is 8.02. The van der Waals surface area contributed by atoms with Crippen molar-refractivity contribution >= 4 is 15.9 Å². The number of nitrogens with zero attached hydrogens (tertiary/aromatic N) is 2. The van der Waals surface area contributed by atoms with Crippen molar-refractivity contribution in [3.05, 3.63) is 29.8 Å². The average molecular weight is 296 g/mol. The Morgan fingerprint density at radius 2 is 1.80 bits per heavy atom. The number of carbonyl (C=O) groups is 1. The van der Waals surface area contributed by atoms with E-state index in [4.69, 9.17) is 0 Å². The monoisotopic (exact) mass is 296 g/mol. The maximum atomic E-state index is 12.4. The highest BCUT2D eigenvalue weighted by molar-refractivity contribution is 7.89. The molecule has 2 atom stereocenters. The zero-order valence-electron chi connectivity index (χ0n) is 12.2. The van der Waals surface area contributed by atoms with Crippen LogP contribution in [0.4, 0.5) is 0 Å². The van der Waals surface area contributed by atoms with Crippen LogP contribution < -0.4 is 0 Å². The van der Waals surface area contributed by atoms with E-state index in [0.29, 0.717) is 5.92 Å². The molecule has 0 bridgehead atoms. The van der Waals surface area contributed by atoms with E-state index < -0.39 is 16.1 Å². The van der Waals surface area contributed by atoms with Gasteiger partial charge in [0, 0.05) is 20.6 Å². The Labute approximate surface area is 120 Å². The molecule has 20 heavy (non-hydrogen) atoms. The molecule has 1 aromatic rings. The fraction of sp³-hybridized carbons (Fsp3) is 0.500. The minimum absolute atomic E-state index is 0.174. The van der Waals surface area contributed by atoms with Crippen LogP contribution in [0.25, 0.3) is 0 Å². The Morgan fingerprint density at radius 1 is 1.25 bits per heavy atom. The third kappa shape index (κ3) is 2.71. The molecule has 2 rings (SSSR count). The number of hydrogen-bond acceptors (Lipinski definition) is 3. The van der Waals surface area contributed by atoms with Crippen molar-refractivity contribution in [1.29, 1.82) is 0 Å². The van der Waals surface area contributed by atoms with E-state index in [9.17, 15) is 13.2 Å². The van der Waals surface area contributed by atoms with Gasteiger partial charge in [-0.05, 0) is 23.6 Å². The highest BCUT2D eigenvalue weighted by Crippen LogP contribution is 2.29. The van der Waals surface area contributed by atoms with Crippen molar-refractivity contribution in [2.75, 3.05) is 20.6 Å². The first-order chi connectivity index (χ1) is 9.25. The van der Waals surface area contributed by atoms with Gasteiger partial charge in [-0.15, -0.1) is 0 Å². The topological polar surface area (TPSA) is 57.5 Å². The third-order valence-electron chi connectivity index (χ3n) is 3.45. The Balaban J connectivity index is 2.18. The number of amides is 1. The van der Waals surface area contributed by atoms with Gasteiger partial charge >= 0.3 is 0 Å². The van der Waals surface area contributed by atoms with Gasteiger partial charge in [-0.25, -0.2) is 8.42 Å². The van der Waals surface area contributed by atoms with Crippen molar-refractivity contribution < 1.29 is 13.2 Å². The summed E-state index contributed by atoms with van der Waals surface area (Å²) in [6, 6.07) is 6.33. The molecule has 110 valence electrons. The van der Waals surface area contributed by atoms with Crippen molar-refractivity contribution in [3.8, 4) is 0 Å². The van der Waals surface area contributed by atoms with Crippen molar-refractivity contribution in [2.45, 2.75) is 30.7 Å². The van der Waals surface area contributed by atoms with Crippen molar-refractivity contribution in [3.63, 3.8) is 0 Å². The van der Waals surface area contributed by atoms with Gasteiger partial charge in [-0.3, -0.25) is 4.79 Å². The zero-order valence-corrected chi connectivity index (χ0v) is 13.0. The van der Waals surface area contributed by atoms with Crippen molar-refractivity contribution in [1.82, 2.24) is 9.21 Å². The van der Waals surface area contributed by atoms with Crippen LogP contribution in [-0.4, -0.2) is 50.2 Å². The summed E-state index contributed by atoms with van der Waals surface area (Å²) in [6.07, 6.45) is 0. The lowest BCUT2D eigenvalue weighted by Gasteiger charge is -2.11. The molecular weight excluding hydrogens is 276 g/mol. The Bertz CT molecular complexity index is 606. The van der Waals surface area contributed by atoms with Gasteiger partial charge in [0.2, 0.25) is 15.9 Å². The minimum Gasteiger partial charge on any atom is -0.347 e. The number of likely N-dealkylation sites (N-methyl/N-ethyl adjacent to an activating group) is 1. The van der Waals surface area contributed by atoms with Crippen LogP contribution in [0.1, 0.15) is 25.3 Å². The molecule has 1 saturated heterocycles. The number of carbonyl (C=O) groups excluding carboxylic acids is 1. The summed E-state index contributed by atoms with van der Waals surface area (Å²) in [6.45, 7) is 4.38. The second-order valence-corrected chi connectivity index (χ2v) is 7.44. The van der Waals surface area contributed by atoms with E-state index >= 15 is 0 Å². The van der Waals surface area contributed by atoms with E-state index in [-0.39, 0.29) is 17.3 Å². The van der Waals surface area contributed by atoms with Crippen LogP contribution >= 0.6 is 0 Å². The molecule has 1 heterocycles. The van der Waals surface area contributed by atoms with Gasteiger partial charge in [0.25, 0.3) is 0 Å². The van der Waals surface area contributed by atoms with Crippen LogP contribution in [0.3, 0.4) is 0 Å². The number of rotatable bonds is 4. The third-order valence-corrected chi connectivity index (χ3v) is 5.34. The van der Waals surface area contributed by atoms with E-state index in [0.717, 1.165) is 5.56 Å². The van der Waals surface area contributed by atoms with Gasteiger partial charge in [-0.1, -0.05) is 26.0 Å². The quantitative estimate of drug-likeness (QED) is 0.786. The largest absolute Gasteiger partial charge is 0.347 e. The molecule has 0 aliphatic carbocycles. The molecule has 1 amide bonds. The Hall–Kier alpha value is -1.40. The van der Waals surface area contributed by atoms with Gasteiger partial charge < -0.3 is 4.90 Å². The second-order valence-electron chi connectivity index (χ2n) is 5.55. The molecule has 0 radical (unpaired) electrons. The maximum Gasteiger partial charge on any atom is 0.243 e. The van der Waals surface area contributed by atoms with Crippen molar-refractivity contribution in [2.24, 2.45) is 0 Å². The zero-order chi connectivity index (χ0) is 15.1. The highest BCUT2D eigenvalue weighted by Gasteiger charge is 2.49. The molecule has 1 aliphatic rings. The molecule has 0 spiro atoms. The number of hydrogen-bond donors (Lipinski definition) is 0. The molecule has 2 unspecified atom stereocenters. The van der Waals surface area contributed by atoms with Crippen LogP contribution in [0.5, 0.6) is 0 Å². The standard InChI is InChI=1S/C14H20N2O3S/c1-10(2)11-5-7-12(8-6-11)20(18,19)16-9-13(16)14(17)15(3)4/h5-8,10,13H,9H2,1-4H3. The summed E-state index contributed by atoms with van der Waals surface area (Å²) in [5.74, 6) is 0.184. The van der Waals surface area contributed by atoms with Crippen LogP contribution in [-0.2, 0) is 14.8 Å². The Kier molecular flexibility index (Phi) is 3.88. The lowest BCUT2D eigenvalue weighted by molar-refractivity contribution is -0.128. The van der Waals surface area contributed by atoms with Gasteiger partial charge in [-0.2, -0.15) is 4.31 Å². The fourth-order valence-corrected chi connectivity index (χ4v) is 3.56. The van der Waals surface area contributed by atoms with E-state index in [1.165, 1.54) is 9.21 Å². The average Bonchev–Trinajstić information content (AvgIpc) is 3.18. The van der Waals surface area contributed by atoms with Crippen LogP contribution in [0.2, 0.25) is 0 Å². The summed E-state index contributed by atoms with van der Waals surface area (Å²) in [4.78, 5) is 13.4. The predicted octanol–water partition coefficient (Wildman–Crippen LogP) is 1.27. The molecule has 1 aromatic carbocycles. The molecule has 1 fully saturated rings. The predicted molar refractivity (Wildman–Crippen MR) is 76.9 cm³/mol. The molecule has 0 saturated carbocycles. The van der Waals surface area contributed by atoms with Gasteiger partial charge in [0.05, 0.1) is 4.90 Å². The minimum atomic E-state index is -3.55. The first-order valence-electron chi connectivity index (χ1n) is 6.58. The van der Waals surface area contributed by atoms with E-state index in [1.54, 1.807) is 26.2 Å². The van der Waals surface area contributed by atoms with Gasteiger partial charge in [0.1, 0.15) is 6.04 Å². The smallest absolute Gasteiger partial charge is 0.243 e. The summed E-state index contributed by atoms with van der Waals surface area (Å²) < 4.78 is 26.0. The molecule has 0 aromatic heterocycles. The summed E-state index contributed by atoms with van der Waals surface area (Å²) in [5, 5.41) is 0. The highest BCUT2D eigenvalue weighted by atomic mass is 32.2. The first kappa shape index (κ1) is 15.0. The van der Waals surface area contributed by atoms with Crippen LogP contribution in [0.15, 0.2) is 29.2 Å². The number of sulfonamides is 1. The van der Waals surface area contributed by atoms with E-state index in [2.05, 4.69) is 13.8 Å².